The number of rotatable bonds is 4. The number of hydrogen-bond donors (Lipinski definition) is 2. The fraction of sp³-hybridized carbons (Fsp3) is 0.308. The summed E-state index contributed by atoms with van der Waals surface area (Å²) >= 11 is 0. The van der Waals surface area contributed by atoms with Gasteiger partial charge in [-0.25, -0.2) is 4.98 Å². The van der Waals surface area contributed by atoms with Crippen LogP contribution in [0.15, 0.2) is 18.3 Å². The number of pyridine rings is 1. The molecule has 0 atom stereocenters. The first-order valence-corrected chi connectivity index (χ1v) is 5.76. The summed E-state index contributed by atoms with van der Waals surface area (Å²) in [6.45, 7) is 1.95. The first-order chi connectivity index (χ1) is 9.19. The number of nitrogens with zero attached hydrogens (tertiary/aromatic N) is 1. The van der Waals surface area contributed by atoms with Crippen molar-refractivity contribution in [2.75, 3.05) is 19.7 Å². The Morgan fingerprint density at radius 3 is 3.00 bits per heavy atom. The predicted molar refractivity (Wildman–Crippen MR) is 69.1 cm³/mol. The van der Waals surface area contributed by atoms with E-state index in [0.717, 1.165) is 0 Å². The maximum absolute atomic E-state index is 11.9. The van der Waals surface area contributed by atoms with Crippen LogP contribution in [0.4, 0.5) is 0 Å². The predicted octanol–water partition coefficient (Wildman–Crippen LogP) is -0.315. The molecule has 0 unspecified atom stereocenters. The van der Waals surface area contributed by atoms with E-state index in [1.807, 2.05) is 0 Å². The minimum atomic E-state index is -0.499. The lowest BCUT2D eigenvalue weighted by Crippen LogP contribution is -2.31. The summed E-state index contributed by atoms with van der Waals surface area (Å²) in [5.74, 6) is 4.43. The molecule has 6 heteroatoms. The van der Waals surface area contributed by atoms with E-state index in [1.165, 1.54) is 6.20 Å². The quantitative estimate of drug-likeness (QED) is 0.572. The second-order valence-electron chi connectivity index (χ2n) is 3.39. The Labute approximate surface area is 111 Å². The van der Waals surface area contributed by atoms with Gasteiger partial charge in [0.15, 0.2) is 0 Å². The molecule has 1 aromatic rings. The standard InChI is InChI=1S/C13H15N3O3/c1-2-19-11(17)9-16-13(18)12-10(5-3-7-14)6-4-8-15-12/h4,6,8H,2,7,9,14H2,1H3,(H,16,18). The van der Waals surface area contributed by atoms with E-state index in [0.29, 0.717) is 5.56 Å². The molecule has 0 bridgehead atoms. The molecule has 19 heavy (non-hydrogen) atoms. The molecule has 100 valence electrons. The lowest BCUT2D eigenvalue weighted by Gasteiger charge is -2.05. The molecule has 3 N–H and O–H groups in total. The third-order valence-electron chi connectivity index (χ3n) is 2.05. The van der Waals surface area contributed by atoms with E-state index < -0.39 is 11.9 Å². The molecule has 0 aliphatic heterocycles. The lowest BCUT2D eigenvalue weighted by atomic mass is 10.2. The van der Waals surface area contributed by atoms with Crippen LogP contribution in [0, 0.1) is 11.8 Å². The number of carbonyl (C=O) groups is 2. The first-order valence-electron chi connectivity index (χ1n) is 5.76. The summed E-state index contributed by atoms with van der Waals surface area (Å²) in [6.07, 6.45) is 1.48. The lowest BCUT2D eigenvalue weighted by molar-refractivity contribution is -0.141. The largest absolute Gasteiger partial charge is 0.465 e. The second-order valence-corrected chi connectivity index (χ2v) is 3.39. The molecule has 0 saturated heterocycles. The van der Waals surface area contributed by atoms with Gasteiger partial charge in [-0.1, -0.05) is 11.8 Å². The molecule has 0 fully saturated rings. The number of hydrogen-bond acceptors (Lipinski definition) is 5. The highest BCUT2D eigenvalue weighted by molar-refractivity contribution is 5.96. The minimum Gasteiger partial charge on any atom is -0.465 e. The van der Waals surface area contributed by atoms with Crippen molar-refractivity contribution < 1.29 is 14.3 Å². The third-order valence-corrected chi connectivity index (χ3v) is 2.05. The average molecular weight is 261 g/mol. The Hall–Kier alpha value is -2.39. The van der Waals surface area contributed by atoms with Crippen LogP contribution in [0.5, 0.6) is 0 Å². The highest BCUT2D eigenvalue weighted by atomic mass is 16.5. The van der Waals surface area contributed by atoms with Gasteiger partial charge in [-0.15, -0.1) is 0 Å². The molecular weight excluding hydrogens is 246 g/mol. The number of aromatic nitrogens is 1. The highest BCUT2D eigenvalue weighted by Crippen LogP contribution is 2.03. The van der Waals surface area contributed by atoms with E-state index >= 15 is 0 Å². The van der Waals surface area contributed by atoms with Gasteiger partial charge in [0.25, 0.3) is 5.91 Å². The number of esters is 1. The van der Waals surface area contributed by atoms with E-state index in [-0.39, 0.29) is 25.4 Å². The Morgan fingerprint density at radius 2 is 2.32 bits per heavy atom. The van der Waals surface area contributed by atoms with Crippen molar-refractivity contribution >= 4 is 11.9 Å². The monoisotopic (exact) mass is 261 g/mol. The van der Waals surface area contributed by atoms with Crippen molar-refractivity contribution in [1.29, 1.82) is 0 Å². The Bertz CT molecular complexity index is 517. The van der Waals surface area contributed by atoms with Gasteiger partial charge in [0.1, 0.15) is 12.2 Å². The fourth-order valence-corrected chi connectivity index (χ4v) is 1.28. The summed E-state index contributed by atoms with van der Waals surface area (Å²) in [5.41, 5.74) is 5.91. The number of nitrogens with two attached hydrogens (primary N) is 1. The highest BCUT2D eigenvalue weighted by Gasteiger charge is 2.12. The molecule has 0 saturated carbocycles. The van der Waals surface area contributed by atoms with Crippen LogP contribution in [0.3, 0.4) is 0 Å². The maximum Gasteiger partial charge on any atom is 0.325 e. The molecule has 0 aliphatic rings. The van der Waals surface area contributed by atoms with Gasteiger partial charge < -0.3 is 15.8 Å². The van der Waals surface area contributed by atoms with E-state index in [9.17, 15) is 9.59 Å². The van der Waals surface area contributed by atoms with E-state index in [1.54, 1.807) is 19.1 Å². The molecule has 0 aromatic carbocycles. The van der Waals surface area contributed by atoms with E-state index in [2.05, 4.69) is 22.1 Å². The van der Waals surface area contributed by atoms with Crippen molar-refractivity contribution in [1.82, 2.24) is 10.3 Å². The van der Waals surface area contributed by atoms with Gasteiger partial charge in [-0.2, -0.15) is 0 Å². The molecular formula is C13H15N3O3. The zero-order valence-corrected chi connectivity index (χ0v) is 10.6. The molecule has 6 nitrogen and oxygen atoms in total. The summed E-state index contributed by atoms with van der Waals surface area (Å²) in [5, 5.41) is 2.43. The Morgan fingerprint density at radius 1 is 1.53 bits per heavy atom. The van der Waals surface area contributed by atoms with Crippen molar-refractivity contribution in [3.05, 3.63) is 29.6 Å². The minimum absolute atomic E-state index is 0.160. The molecule has 1 aromatic heterocycles. The van der Waals surface area contributed by atoms with Crippen LogP contribution in [0.25, 0.3) is 0 Å². The van der Waals surface area contributed by atoms with Gasteiger partial charge in [-0.05, 0) is 19.1 Å². The molecule has 0 radical (unpaired) electrons. The van der Waals surface area contributed by atoms with Gasteiger partial charge in [0, 0.05) is 6.20 Å². The van der Waals surface area contributed by atoms with Crippen molar-refractivity contribution in [2.45, 2.75) is 6.92 Å². The molecule has 1 heterocycles. The number of nitrogens with one attached hydrogen (secondary N) is 1. The van der Waals surface area contributed by atoms with Crippen LogP contribution < -0.4 is 11.1 Å². The van der Waals surface area contributed by atoms with Crippen LogP contribution in [0.2, 0.25) is 0 Å². The second kappa shape index (κ2) is 7.84. The van der Waals surface area contributed by atoms with E-state index in [4.69, 9.17) is 10.5 Å². The maximum atomic E-state index is 11.9. The number of carbonyl (C=O) groups excluding carboxylic acids is 2. The SMILES string of the molecule is CCOC(=O)CNC(=O)c1ncccc1C#CCN. The Balaban J connectivity index is 2.74. The van der Waals surface area contributed by atoms with Gasteiger partial charge in [0.05, 0.1) is 18.7 Å². The molecule has 0 spiro atoms. The van der Waals surface area contributed by atoms with Crippen molar-refractivity contribution in [2.24, 2.45) is 5.73 Å². The average Bonchev–Trinajstić information content (AvgIpc) is 2.43. The summed E-state index contributed by atoms with van der Waals surface area (Å²) < 4.78 is 4.70. The van der Waals surface area contributed by atoms with Crippen LogP contribution in [0.1, 0.15) is 23.0 Å². The van der Waals surface area contributed by atoms with Crippen molar-refractivity contribution in [3.63, 3.8) is 0 Å². The first kappa shape index (κ1) is 14.7. The van der Waals surface area contributed by atoms with Crippen LogP contribution in [-0.2, 0) is 9.53 Å². The van der Waals surface area contributed by atoms with Crippen LogP contribution in [-0.4, -0.2) is 36.6 Å². The zero-order chi connectivity index (χ0) is 14.1. The summed E-state index contributed by atoms with van der Waals surface area (Å²) in [7, 11) is 0. The number of ether oxygens (including phenoxy) is 1. The zero-order valence-electron chi connectivity index (χ0n) is 10.6. The smallest absolute Gasteiger partial charge is 0.325 e. The van der Waals surface area contributed by atoms with Crippen LogP contribution >= 0.6 is 0 Å². The van der Waals surface area contributed by atoms with Gasteiger partial charge in [0.2, 0.25) is 0 Å². The molecule has 1 amide bonds. The van der Waals surface area contributed by atoms with Crippen molar-refractivity contribution in [3.8, 4) is 11.8 Å². The number of amides is 1. The molecule has 0 aliphatic carbocycles. The van der Waals surface area contributed by atoms with Gasteiger partial charge in [-0.3, -0.25) is 9.59 Å². The topological polar surface area (TPSA) is 94.3 Å². The third kappa shape index (κ3) is 4.77. The molecule has 1 rings (SSSR count). The summed E-state index contributed by atoms with van der Waals surface area (Å²) in [6, 6.07) is 3.33. The Kier molecular flexibility index (Phi) is 6.06. The van der Waals surface area contributed by atoms with Gasteiger partial charge >= 0.3 is 5.97 Å². The normalized spacial score (nSPS) is 9.16. The summed E-state index contributed by atoms with van der Waals surface area (Å²) in [4.78, 5) is 26.9. The fourth-order valence-electron chi connectivity index (χ4n) is 1.28.